The van der Waals surface area contributed by atoms with Crippen LogP contribution in [-0.4, -0.2) is 22.8 Å². The van der Waals surface area contributed by atoms with Gasteiger partial charge in [0.05, 0.1) is 0 Å². The predicted octanol–water partition coefficient (Wildman–Crippen LogP) is 2.35. The molecule has 0 aromatic carbocycles. The number of carboxylic acids is 1. The molecule has 0 aromatic rings. The van der Waals surface area contributed by atoms with Crippen molar-refractivity contribution < 1.29 is 15.0 Å². The molecule has 0 spiro atoms. The highest BCUT2D eigenvalue weighted by Gasteiger charge is 2.05. The van der Waals surface area contributed by atoms with E-state index in [1.807, 2.05) is 0 Å². The van der Waals surface area contributed by atoms with Gasteiger partial charge in [-0.1, -0.05) is 32.3 Å². The van der Waals surface area contributed by atoms with Crippen LogP contribution in [0.2, 0.25) is 0 Å². The summed E-state index contributed by atoms with van der Waals surface area (Å²) in [5.41, 5.74) is 0.440. The molecule has 0 aliphatic heterocycles. The van der Waals surface area contributed by atoms with Gasteiger partial charge in [0, 0.05) is 12.2 Å². The summed E-state index contributed by atoms with van der Waals surface area (Å²) in [6.07, 6.45) is 7.01. The van der Waals surface area contributed by atoms with Gasteiger partial charge >= 0.3 is 5.97 Å². The molecule has 0 atom stereocenters. The maximum atomic E-state index is 10.7. The van der Waals surface area contributed by atoms with Crippen molar-refractivity contribution in [3.8, 4) is 0 Å². The molecule has 3 heteroatoms. The van der Waals surface area contributed by atoms with E-state index < -0.39 is 5.97 Å². The average Bonchev–Trinajstić information content (AvgIpc) is 2.16. The minimum absolute atomic E-state index is 0.0196. The summed E-state index contributed by atoms with van der Waals surface area (Å²) in [5.74, 6) is -0.852. The molecule has 0 rings (SSSR count). The van der Waals surface area contributed by atoms with Crippen LogP contribution in [0, 0.1) is 0 Å². The largest absolute Gasteiger partial charge is 0.478 e. The Morgan fingerprint density at radius 2 is 2.00 bits per heavy atom. The molecule has 0 radical (unpaired) electrons. The molecule has 0 aliphatic rings. The fraction of sp³-hybridized carbons (Fsp3) is 0.727. The lowest BCUT2D eigenvalue weighted by Gasteiger charge is -2.01. The van der Waals surface area contributed by atoms with Crippen LogP contribution in [0.5, 0.6) is 0 Å². The molecule has 0 fully saturated rings. The molecule has 82 valence electrons. The van der Waals surface area contributed by atoms with Gasteiger partial charge in [-0.3, -0.25) is 0 Å². The van der Waals surface area contributed by atoms with Crippen molar-refractivity contribution in [1.29, 1.82) is 0 Å². The molecule has 3 nitrogen and oxygen atoms in total. The minimum Gasteiger partial charge on any atom is -0.478 e. The Morgan fingerprint density at radius 1 is 1.29 bits per heavy atom. The number of aliphatic carboxylic acids is 1. The number of aliphatic hydroxyl groups is 1. The quantitative estimate of drug-likeness (QED) is 0.467. The van der Waals surface area contributed by atoms with E-state index >= 15 is 0 Å². The summed E-state index contributed by atoms with van der Waals surface area (Å²) >= 11 is 0. The Labute approximate surface area is 85.4 Å². The summed E-state index contributed by atoms with van der Waals surface area (Å²) in [4.78, 5) is 10.7. The lowest BCUT2D eigenvalue weighted by Crippen LogP contribution is -2.01. The zero-order chi connectivity index (χ0) is 10.8. The highest BCUT2D eigenvalue weighted by atomic mass is 16.4. The molecule has 0 aromatic heterocycles. The monoisotopic (exact) mass is 200 g/mol. The molecule has 0 amide bonds. The molecule has 0 bridgehead atoms. The van der Waals surface area contributed by atoms with Crippen molar-refractivity contribution in [1.82, 2.24) is 0 Å². The first kappa shape index (κ1) is 13.2. The van der Waals surface area contributed by atoms with E-state index in [1.165, 1.54) is 0 Å². The first-order valence-electron chi connectivity index (χ1n) is 5.25. The van der Waals surface area contributed by atoms with Crippen LogP contribution >= 0.6 is 0 Å². The normalized spacial score (nSPS) is 11.7. The second-order valence-electron chi connectivity index (χ2n) is 3.36. The zero-order valence-corrected chi connectivity index (χ0v) is 8.83. The summed E-state index contributed by atoms with van der Waals surface area (Å²) < 4.78 is 0. The number of carbonyl (C=O) groups is 1. The van der Waals surface area contributed by atoms with Gasteiger partial charge in [0.1, 0.15) is 0 Å². The predicted molar refractivity (Wildman–Crippen MR) is 56.2 cm³/mol. The number of unbranched alkanes of at least 4 members (excludes halogenated alkanes) is 3. The Kier molecular flexibility index (Phi) is 8.24. The van der Waals surface area contributed by atoms with E-state index in [4.69, 9.17) is 10.2 Å². The summed E-state index contributed by atoms with van der Waals surface area (Å²) in [6.45, 7) is 2.14. The van der Waals surface area contributed by atoms with Crippen LogP contribution in [0.1, 0.15) is 45.4 Å². The van der Waals surface area contributed by atoms with Crippen molar-refractivity contribution in [2.24, 2.45) is 0 Å². The summed E-state index contributed by atoms with van der Waals surface area (Å²) in [7, 11) is 0. The maximum Gasteiger partial charge on any atom is 0.331 e. The third-order valence-electron chi connectivity index (χ3n) is 2.09. The van der Waals surface area contributed by atoms with Crippen molar-refractivity contribution in [3.63, 3.8) is 0 Å². The Morgan fingerprint density at radius 3 is 2.50 bits per heavy atom. The average molecular weight is 200 g/mol. The van der Waals surface area contributed by atoms with E-state index in [9.17, 15) is 4.79 Å². The number of carboxylic acid groups (broad SMARTS) is 1. The van der Waals surface area contributed by atoms with Crippen molar-refractivity contribution >= 4 is 5.97 Å². The topological polar surface area (TPSA) is 57.5 Å². The number of hydrogen-bond acceptors (Lipinski definition) is 2. The van der Waals surface area contributed by atoms with Crippen LogP contribution in [-0.2, 0) is 4.79 Å². The van der Waals surface area contributed by atoms with E-state index in [2.05, 4.69) is 6.92 Å². The SMILES string of the molecule is CCCCCC/C(=C/CCO)C(=O)O. The molecular formula is C11H20O3. The van der Waals surface area contributed by atoms with Gasteiger partial charge in [0.25, 0.3) is 0 Å². The summed E-state index contributed by atoms with van der Waals surface area (Å²) in [6, 6.07) is 0. The van der Waals surface area contributed by atoms with Gasteiger partial charge in [-0.2, -0.15) is 0 Å². The third-order valence-corrected chi connectivity index (χ3v) is 2.09. The van der Waals surface area contributed by atoms with Crippen molar-refractivity contribution in [2.75, 3.05) is 6.61 Å². The standard InChI is InChI=1S/C11H20O3/c1-2-3-4-5-7-10(11(13)14)8-6-9-12/h8,12H,2-7,9H2,1H3,(H,13,14)/b10-8-. The van der Waals surface area contributed by atoms with Crippen LogP contribution in [0.3, 0.4) is 0 Å². The first-order valence-corrected chi connectivity index (χ1v) is 5.25. The van der Waals surface area contributed by atoms with E-state index in [1.54, 1.807) is 6.08 Å². The van der Waals surface area contributed by atoms with E-state index in [-0.39, 0.29) is 6.61 Å². The van der Waals surface area contributed by atoms with Gasteiger partial charge in [-0.05, 0) is 19.3 Å². The van der Waals surface area contributed by atoms with Crippen LogP contribution in [0.15, 0.2) is 11.6 Å². The molecule has 0 heterocycles. The molecule has 0 saturated heterocycles. The van der Waals surface area contributed by atoms with Crippen LogP contribution in [0.25, 0.3) is 0 Å². The van der Waals surface area contributed by atoms with Crippen LogP contribution in [0.4, 0.5) is 0 Å². The smallest absolute Gasteiger partial charge is 0.331 e. The van der Waals surface area contributed by atoms with Crippen LogP contribution < -0.4 is 0 Å². The Bertz CT molecular complexity index is 185. The molecule has 0 unspecified atom stereocenters. The second kappa shape index (κ2) is 8.75. The Hall–Kier alpha value is -0.830. The number of rotatable bonds is 8. The molecule has 2 N–H and O–H groups in total. The highest BCUT2D eigenvalue weighted by molar-refractivity contribution is 5.86. The van der Waals surface area contributed by atoms with E-state index in [0.29, 0.717) is 18.4 Å². The van der Waals surface area contributed by atoms with Gasteiger partial charge in [0.2, 0.25) is 0 Å². The fourth-order valence-corrected chi connectivity index (χ4v) is 1.28. The molecular weight excluding hydrogens is 180 g/mol. The second-order valence-corrected chi connectivity index (χ2v) is 3.36. The van der Waals surface area contributed by atoms with Gasteiger partial charge in [-0.15, -0.1) is 0 Å². The number of hydrogen-bond donors (Lipinski definition) is 2. The lowest BCUT2D eigenvalue weighted by atomic mass is 10.1. The van der Waals surface area contributed by atoms with Gasteiger partial charge < -0.3 is 10.2 Å². The van der Waals surface area contributed by atoms with Crippen molar-refractivity contribution in [2.45, 2.75) is 45.4 Å². The fourth-order valence-electron chi connectivity index (χ4n) is 1.28. The molecule has 0 aliphatic carbocycles. The third kappa shape index (κ3) is 6.66. The molecule has 14 heavy (non-hydrogen) atoms. The number of aliphatic hydroxyl groups excluding tert-OH is 1. The maximum absolute atomic E-state index is 10.7. The lowest BCUT2D eigenvalue weighted by molar-refractivity contribution is -0.132. The van der Waals surface area contributed by atoms with Gasteiger partial charge in [-0.25, -0.2) is 4.79 Å². The highest BCUT2D eigenvalue weighted by Crippen LogP contribution is 2.11. The van der Waals surface area contributed by atoms with Gasteiger partial charge in [0.15, 0.2) is 0 Å². The minimum atomic E-state index is -0.852. The summed E-state index contributed by atoms with van der Waals surface area (Å²) in [5, 5.41) is 17.4. The molecule has 0 saturated carbocycles. The zero-order valence-electron chi connectivity index (χ0n) is 8.83. The van der Waals surface area contributed by atoms with E-state index in [0.717, 1.165) is 25.7 Å². The Balaban J connectivity index is 3.80. The van der Waals surface area contributed by atoms with Crippen molar-refractivity contribution in [3.05, 3.63) is 11.6 Å². The first-order chi connectivity index (χ1) is 6.72.